The van der Waals surface area contributed by atoms with Crippen LogP contribution in [0.15, 0.2) is 24.3 Å². The highest BCUT2D eigenvalue weighted by Crippen LogP contribution is 2.22. The second-order valence-corrected chi connectivity index (χ2v) is 4.76. The maximum Gasteiger partial charge on any atom is 0.261 e. The van der Waals surface area contributed by atoms with Crippen molar-refractivity contribution in [3.63, 3.8) is 0 Å². The molecule has 0 atom stereocenters. The first kappa shape index (κ1) is 13.7. The molecule has 2 rings (SSSR count). The number of carbonyl (C=O) groups is 2. The number of nitrogens with zero attached hydrogens (tertiary/aromatic N) is 1. The number of imide groups is 1. The Morgan fingerprint density at radius 2 is 1.37 bits per heavy atom. The van der Waals surface area contributed by atoms with Crippen molar-refractivity contribution in [2.75, 3.05) is 13.2 Å². The Balaban J connectivity index is 1.83. The van der Waals surface area contributed by atoms with Crippen LogP contribution in [0.1, 0.15) is 52.8 Å². The lowest BCUT2D eigenvalue weighted by atomic mass is 10.1. The summed E-state index contributed by atoms with van der Waals surface area (Å²) in [6, 6.07) is 6.92. The number of unbranched alkanes of at least 4 members (excludes halogenated alkanes) is 4. The zero-order valence-corrected chi connectivity index (χ0v) is 10.9. The molecule has 0 fully saturated rings. The molecule has 4 heteroatoms. The van der Waals surface area contributed by atoms with Gasteiger partial charge < -0.3 is 0 Å². The molecule has 1 aromatic carbocycles. The van der Waals surface area contributed by atoms with E-state index in [1.807, 2.05) is 0 Å². The number of carbonyl (C=O) groups excluding carboxylic acids is 2. The highest BCUT2D eigenvalue weighted by atomic mass is 19.1. The largest absolute Gasteiger partial charge is 0.274 e. The van der Waals surface area contributed by atoms with Crippen LogP contribution >= 0.6 is 0 Å². The average molecular weight is 263 g/mol. The van der Waals surface area contributed by atoms with Crippen LogP contribution in [0, 0.1) is 0 Å². The van der Waals surface area contributed by atoms with E-state index in [2.05, 4.69) is 0 Å². The maximum atomic E-state index is 12.0. The molecule has 0 saturated heterocycles. The summed E-state index contributed by atoms with van der Waals surface area (Å²) in [5.74, 6) is -0.381. The molecule has 0 radical (unpaired) electrons. The van der Waals surface area contributed by atoms with Crippen molar-refractivity contribution >= 4 is 11.8 Å². The molecule has 2 amide bonds. The van der Waals surface area contributed by atoms with E-state index in [1.54, 1.807) is 24.3 Å². The first-order valence-corrected chi connectivity index (χ1v) is 6.77. The highest BCUT2D eigenvalue weighted by Gasteiger charge is 2.34. The molecule has 0 N–H and O–H groups in total. The molecule has 0 spiro atoms. The number of halogens is 1. The van der Waals surface area contributed by atoms with E-state index in [0.29, 0.717) is 24.1 Å². The van der Waals surface area contributed by atoms with Gasteiger partial charge in [0.2, 0.25) is 0 Å². The van der Waals surface area contributed by atoms with E-state index >= 15 is 0 Å². The smallest absolute Gasteiger partial charge is 0.261 e. The number of hydrogen-bond acceptors (Lipinski definition) is 2. The normalized spacial score (nSPS) is 14.1. The average Bonchev–Trinajstić information content (AvgIpc) is 2.68. The predicted octanol–water partition coefficient (Wildman–Crippen LogP) is 3.20. The summed E-state index contributed by atoms with van der Waals surface area (Å²) in [4.78, 5) is 25.4. The van der Waals surface area contributed by atoms with Crippen molar-refractivity contribution in [3.8, 4) is 0 Å². The fourth-order valence-corrected chi connectivity index (χ4v) is 2.34. The van der Waals surface area contributed by atoms with Crippen LogP contribution in [0.3, 0.4) is 0 Å². The first-order valence-electron chi connectivity index (χ1n) is 6.77. The first-order chi connectivity index (χ1) is 9.25. The summed E-state index contributed by atoms with van der Waals surface area (Å²) in [6.45, 7) is 0.195. The number of alkyl halides is 1. The molecule has 0 bridgehead atoms. The van der Waals surface area contributed by atoms with Gasteiger partial charge in [-0.3, -0.25) is 18.9 Å². The SMILES string of the molecule is O=C1c2ccccc2C(=O)N1CCCCCCCF. The molecule has 1 aromatic rings. The summed E-state index contributed by atoms with van der Waals surface area (Å²) in [6.07, 6.45) is 4.14. The highest BCUT2D eigenvalue weighted by molar-refractivity contribution is 6.21. The van der Waals surface area contributed by atoms with Gasteiger partial charge in [0.15, 0.2) is 0 Å². The Kier molecular flexibility index (Phi) is 4.66. The second-order valence-electron chi connectivity index (χ2n) is 4.76. The summed E-state index contributed by atoms with van der Waals surface area (Å²) >= 11 is 0. The second kappa shape index (κ2) is 6.45. The van der Waals surface area contributed by atoms with Gasteiger partial charge in [-0.25, -0.2) is 0 Å². The van der Waals surface area contributed by atoms with E-state index in [4.69, 9.17) is 0 Å². The minimum absolute atomic E-state index is 0.190. The van der Waals surface area contributed by atoms with Crippen LogP contribution in [0.25, 0.3) is 0 Å². The van der Waals surface area contributed by atoms with Crippen molar-refractivity contribution in [3.05, 3.63) is 35.4 Å². The molecule has 0 unspecified atom stereocenters. The van der Waals surface area contributed by atoms with Gasteiger partial charge in [-0.05, 0) is 25.0 Å². The zero-order valence-electron chi connectivity index (χ0n) is 10.9. The lowest BCUT2D eigenvalue weighted by molar-refractivity contribution is 0.0651. The van der Waals surface area contributed by atoms with Crippen LogP contribution in [0.2, 0.25) is 0 Å². The zero-order chi connectivity index (χ0) is 13.7. The maximum absolute atomic E-state index is 12.0. The lowest BCUT2D eigenvalue weighted by Crippen LogP contribution is -2.30. The number of fused-ring (bicyclic) bond motifs is 1. The van der Waals surface area contributed by atoms with E-state index in [0.717, 1.165) is 25.7 Å². The van der Waals surface area contributed by atoms with Crippen LogP contribution in [-0.4, -0.2) is 29.9 Å². The van der Waals surface area contributed by atoms with Crippen LogP contribution in [-0.2, 0) is 0 Å². The number of rotatable bonds is 7. The van der Waals surface area contributed by atoms with Gasteiger partial charge in [0, 0.05) is 6.54 Å². The molecule has 3 nitrogen and oxygen atoms in total. The molecular formula is C15H18FNO2. The monoisotopic (exact) mass is 263 g/mol. The summed E-state index contributed by atoms with van der Waals surface area (Å²) < 4.78 is 11.9. The third kappa shape index (κ3) is 3.00. The summed E-state index contributed by atoms with van der Waals surface area (Å²) in [7, 11) is 0. The fourth-order valence-electron chi connectivity index (χ4n) is 2.34. The molecule has 1 aliphatic rings. The van der Waals surface area contributed by atoms with Gasteiger partial charge in [0.1, 0.15) is 0 Å². The van der Waals surface area contributed by atoms with Crippen molar-refractivity contribution in [1.82, 2.24) is 4.90 Å². The van der Waals surface area contributed by atoms with Gasteiger partial charge >= 0.3 is 0 Å². The number of benzene rings is 1. The van der Waals surface area contributed by atoms with E-state index in [-0.39, 0.29) is 18.5 Å². The van der Waals surface area contributed by atoms with Gasteiger partial charge in [-0.2, -0.15) is 0 Å². The summed E-state index contributed by atoms with van der Waals surface area (Å²) in [5, 5.41) is 0. The molecule has 102 valence electrons. The Bertz CT molecular complexity index is 438. The topological polar surface area (TPSA) is 37.4 Å². The van der Waals surface area contributed by atoms with E-state index < -0.39 is 0 Å². The van der Waals surface area contributed by atoms with Crippen LogP contribution < -0.4 is 0 Å². The molecule has 19 heavy (non-hydrogen) atoms. The lowest BCUT2D eigenvalue weighted by Gasteiger charge is -2.13. The number of hydrogen-bond donors (Lipinski definition) is 0. The van der Waals surface area contributed by atoms with Gasteiger partial charge in [-0.1, -0.05) is 31.4 Å². The molecule has 1 aliphatic heterocycles. The number of amides is 2. The molecule has 0 saturated carbocycles. The van der Waals surface area contributed by atoms with Gasteiger partial charge in [-0.15, -0.1) is 0 Å². The Labute approximate surface area is 112 Å². The molecule has 0 aromatic heterocycles. The van der Waals surface area contributed by atoms with Gasteiger partial charge in [0.05, 0.1) is 17.8 Å². The van der Waals surface area contributed by atoms with Crippen molar-refractivity contribution in [1.29, 1.82) is 0 Å². The standard InChI is InChI=1S/C15H18FNO2/c16-10-6-2-1-3-7-11-17-14(18)12-8-4-5-9-13(12)15(17)19/h4-5,8-9H,1-3,6-7,10-11H2. The fraction of sp³-hybridized carbons (Fsp3) is 0.467. The quantitative estimate of drug-likeness (QED) is 0.559. The minimum Gasteiger partial charge on any atom is -0.274 e. The van der Waals surface area contributed by atoms with Crippen molar-refractivity contribution < 1.29 is 14.0 Å². The molecule has 0 aliphatic carbocycles. The summed E-state index contributed by atoms with van der Waals surface area (Å²) in [5.41, 5.74) is 1.01. The van der Waals surface area contributed by atoms with Gasteiger partial charge in [0.25, 0.3) is 11.8 Å². The van der Waals surface area contributed by atoms with Crippen LogP contribution in [0.5, 0.6) is 0 Å². The van der Waals surface area contributed by atoms with Crippen molar-refractivity contribution in [2.24, 2.45) is 0 Å². The minimum atomic E-state index is -0.265. The van der Waals surface area contributed by atoms with E-state index in [9.17, 15) is 14.0 Å². The van der Waals surface area contributed by atoms with Crippen molar-refractivity contribution in [2.45, 2.75) is 32.1 Å². The van der Waals surface area contributed by atoms with Crippen LogP contribution in [0.4, 0.5) is 4.39 Å². The Morgan fingerprint density at radius 3 is 1.95 bits per heavy atom. The molecular weight excluding hydrogens is 245 g/mol. The van der Waals surface area contributed by atoms with E-state index in [1.165, 1.54) is 4.90 Å². The molecule has 1 heterocycles. The Morgan fingerprint density at radius 1 is 0.842 bits per heavy atom. The third-order valence-corrected chi connectivity index (χ3v) is 3.39. The third-order valence-electron chi connectivity index (χ3n) is 3.39. The Hall–Kier alpha value is -1.71. The predicted molar refractivity (Wildman–Crippen MR) is 70.9 cm³/mol.